The zero-order valence-electron chi connectivity index (χ0n) is 21.1. The first-order valence-electron chi connectivity index (χ1n) is 12.9. The molecule has 2 aliphatic rings. The molecule has 206 valence electrons. The van der Waals surface area contributed by atoms with Gasteiger partial charge in [0.2, 0.25) is 0 Å². The molecule has 1 saturated heterocycles. The van der Waals surface area contributed by atoms with E-state index >= 15 is 8.78 Å². The molecule has 0 spiro atoms. The Bertz CT molecular complexity index is 1270. The number of alkyl halides is 3. The number of aliphatic hydroxyl groups excluding tert-OH is 2. The number of rotatable bonds is 9. The zero-order valence-corrected chi connectivity index (χ0v) is 21.1. The Morgan fingerprint density at radius 1 is 1.13 bits per heavy atom. The summed E-state index contributed by atoms with van der Waals surface area (Å²) in [5.74, 6) is -5.59. The SMILES string of the molecule is C[C@@H]1Cc2c([nH]c3ccccc23)C(c2c(F)cc(C(O)C3CN(CCCF)C3)cc2F)N1CC(F)(F)CO. The topological polar surface area (TPSA) is 62.7 Å². The van der Waals surface area contributed by atoms with Crippen molar-refractivity contribution in [1.29, 1.82) is 0 Å². The van der Waals surface area contributed by atoms with E-state index in [2.05, 4.69) is 4.98 Å². The molecule has 3 N–H and O–H groups in total. The predicted octanol–water partition coefficient (Wildman–Crippen LogP) is 4.73. The average molecular weight is 538 g/mol. The maximum Gasteiger partial charge on any atom is 0.283 e. The van der Waals surface area contributed by atoms with E-state index in [1.165, 1.54) is 4.90 Å². The van der Waals surface area contributed by atoms with Gasteiger partial charge in [-0.05, 0) is 49.1 Å². The first-order valence-corrected chi connectivity index (χ1v) is 12.9. The fourth-order valence-corrected chi connectivity index (χ4v) is 5.97. The van der Waals surface area contributed by atoms with Gasteiger partial charge in [0.05, 0.1) is 25.4 Å². The highest BCUT2D eigenvalue weighted by molar-refractivity contribution is 5.85. The number of hydrogen-bond acceptors (Lipinski definition) is 4. The molecule has 0 saturated carbocycles. The van der Waals surface area contributed by atoms with E-state index in [1.54, 1.807) is 6.92 Å². The fourth-order valence-electron chi connectivity index (χ4n) is 5.97. The third-order valence-electron chi connectivity index (χ3n) is 7.92. The number of nitrogens with one attached hydrogen (secondary N) is 1. The van der Waals surface area contributed by atoms with Crippen LogP contribution in [0.25, 0.3) is 10.9 Å². The third-order valence-corrected chi connectivity index (χ3v) is 7.92. The lowest BCUT2D eigenvalue weighted by atomic mass is 9.85. The number of halogens is 5. The summed E-state index contributed by atoms with van der Waals surface area (Å²) >= 11 is 0. The van der Waals surface area contributed by atoms with E-state index in [9.17, 15) is 23.4 Å². The zero-order chi connectivity index (χ0) is 27.2. The number of nitrogens with zero attached hydrogens (tertiary/aromatic N) is 2. The number of likely N-dealkylation sites (tertiary alicyclic amines) is 1. The smallest absolute Gasteiger partial charge is 0.283 e. The lowest BCUT2D eigenvalue weighted by Crippen LogP contribution is -2.50. The van der Waals surface area contributed by atoms with Crippen molar-refractivity contribution in [2.45, 2.75) is 43.9 Å². The molecule has 2 aliphatic heterocycles. The van der Waals surface area contributed by atoms with Gasteiger partial charge in [-0.25, -0.2) is 17.6 Å². The summed E-state index contributed by atoms with van der Waals surface area (Å²) in [6.07, 6.45) is -0.335. The van der Waals surface area contributed by atoms with Crippen molar-refractivity contribution >= 4 is 10.9 Å². The molecule has 3 heterocycles. The minimum atomic E-state index is -3.47. The summed E-state index contributed by atoms with van der Waals surface area (Å²) in [6.45, 7) is 0.573. The number of aromatic amines is 1. The normalized spacial score (nSPS) is 22.0. The minimum absolute atomic E-state index is 0.0758. The summed E-state index contributed by atoms with van der Waals surface area (Å²) in [5, 5.41) is 20.9. The molecule has 0 aliphatic carbocycles. The number of H-pyrrole nitrogens is 1. The molecule has 5 nitrogen and oxygen atoms in total. The number of benzene rings is 2. The van der Waals surface area contributed by atoms with Crippen molar-refractivity contribution in [2.24, 2.45) is 5.92 Å². The molecule has 38 heavy (non-hydrogen) atoms. The second-order valence-electron chi connectivity index (χ2n) is 10.6. The van der Waals surface area contributed by atoms with Crippen molar-refractivity contribution in [1.82, 2.24) is 14.8 Å². The maximum absolute atomic E-state index is 15.8. The van der Waals surface area contributed by atoms with Gasteiger partial charge >= 0.3 is 0 Å². The van der Waals surface area contributed by atoms with Gasteiger partial charge in [-0.2, -0.15) is 0 Å². The molecule has 0 amide bonds. The quantitative estimate of drug-likeness (QED) is 0.346. The number of para-hydroxylation sites is 1. The summed E-state index contributed by atoms with van der Waals surface area (Å²) < 4.78 is 72.8. The van der Waals surface area contributed by atoms with Crippen LogP contribution in [0.2, 0.25) is 0 Å². The average Bonchev–Trinajstić information content (AvgIpc) is 3.22. The predicted molar refractivity (Wildman–Crippen MR) is 134 cm³/mol. The highest BCUT2D eigenvalue weighted by atomic mass is 19.3. The van der Waals surface area contributed by atoms with E-state index in [1.807, 2.05) is 29.2 Å². The van der Waals surface area contributed by atoms with Crippen LogP contribution in [0.4, 0.5) is 22.0 Å². The second-order valence-corrected chi connectivity index (χ2v) is 10.6. The highest BCUT2D eigenvalue weighted by Crippen LogP contribution is 2.44. The molecule has 2 aromatic carbocycles. The number of hydrogen-bond donors (Lipinski definition) is 3. The largest absolute Gasteiger partial charge is 0.390 e. The van der Waals surface area contributed by atoms with Crippen LogP contribution >= 0.6 is 0 Å². The summed E-state index contributed by atoms with van der Waals surface area (Å²) in [7, 11) is 0. The summed E-state index contributed by atoms with van der Waals surface area (Å²) in [5.41, 5.74) is 1.68. The Balaban J connectivity index is 1.53. The van der Waals surface area contributed by atoms with Crippen LogP contribution in [0.3, 0.4) is 0 Å². The van der Waals surface area contributed by atoms with Crippen molar-refractivity contribution in [3.8, 4) is 0 Å². The molecular formula is C28H32F5N3O2. The third kappa shape index (κ3) is 4.95. The second kappa shape index (κ2) is 10.6. The Hall–Kier alpha value is -2.53. The van der Waals surface area contributed by atoms with Crippen LogP contribution in [0.5, 0.6) is 0 Å². The van der Waals surface area contributed by atoms with E-state index in [0.29, 0.717) is 38.2 Å². The van der Waals surface area contributed by atoms with Gasteiger partial charge in [-0.3, -0.25) is 9.29 Å². The number of aromatic nitrogens is 1. The van der Waals surface area contributed by atoms with Crippen LogP contribution in [0.1, 0.15) is 47.9 Å². The van der Waals surface area contributed by atoms with Gasteiger partial charge in [0.25, 0.3) is 5.92 Å². The Morgan fingerprint density at radius 3 is 2.47 bits per heavy atom. The van der Waals surface area contributed by atoms with Gasteiger partial charge in [-0.1, -0.05) is 18.2 Å². The molecule has 1 fully saturated rings. The Kier molecular flexibility index (Phi) is 7.52. The van der Waals surface area contributed by atoms with Crippen molar-refractivity contribution < 1.29 is 32.2 Å². The first kappa shape index (κ1) is 27.1. The standard InChI is InChI=1S/C28H32F5N3O2/c1-16-9-20-19-5-2-3-6-23(19)34-25(20)26(36(16)14-28(32,33)15-37)24-21(30)10-17(11-22(24)31)27(38)18-12-35(13-18)8-4-7-29/h2-3,5-6,10-11,16,18,26-27,34,37-38H,4,7-9,12-15H2,1H3/t16-,26?,27?/m1/s1. The van der Waals surface area contributed by atoms with Crippen LogP contribution < -0.4 is 0 Å². The van der Waals surface area contributed by atoms with Crippen LogP contribution in [-0.4, -0.2) is 76.4 Å². The van der Waals surface area contributed by atoms with E-state index in [4.69, 9.17) is 0 Å². The minimum Gasteiger partial charge on any atom is -0.390 e. The summed E-state index contributed by atoms with van der Waals surface area (Å²) in [4.78, 5) is 6.51. The Labute approximate surface area is 217 Å². The first-order chi connectivity index (χ1) is 18.1. The monoisotopic (exact) mass is 537 g/mol. The van der Waals surface area contributed by atoms with Gasteiger partial charge in [0.1, 0.15) is 18.2 Å². The van der Waals surface area contributed by atoms with Gasteiger partial charge < -0.3 is 20.1 Å². The molecular weight excluding hydrogens is 505 g/mol. The van der Waals surface area contributed by atoms with Crippen molar-refractivity contribution in [2.75, 3.05) is 39.5 Å². The molecule has 3 atom stereocenters. The number of aliphatic hydroxyl groups is 2. The van der Waals surface area contributed by atoms with Crippen molar-refractivity contribution in [3.05, 3.63) is 70.4 Å². The van der Waals surface area contributed by atoms with Gasteiger partial charge in [0.15, 0.2) is 0 Å². The number of fused-ring (bicyclic) bond motifs is 3. The molecule has 5 rings (SSSR count). The van der Waals surface area contributed by atoms with Crippen LogP contribution in [0, 0.1) is 17.6 Å². The summed E-state index contributed by atoms with van der Waals surface area (Å²) in [6, 6.07) is 7.84. The molecule has 1 aromatic heterocycles. The molecule has 0 bridgehead atoms. The van der Waals surface area contributed by atoms with E-state index < -0.39 is 55.6 Å². The van der Waals surface area contributed by atoms with E-state index in [0.717, 1.165) is 28.6 Å². The van der Waals surface area contributed by atoms with Crippen molar-refractivity contribution in [3.63, 3.8) is 0 Å². The molecule has 3 aromatic rings. The lowest BCUT2D eigenvalue weighted by Gasteiger charge is -2.43. The van der Waals surface area contributed by atoms with Gasteiger partial charge in [-0.15, -0.1) is 0 Å². The van der Waals surface area contributed by atoms with E-state index in [-0.39, 0.29) is 17.0 Å². The molecule has 0 radical (unpaired) electrons. The highest BCUT2D eigenvalue weighted by Gasteiger charge is 2.44. The Morgan fingerprint density at radius 2 is 1.82 bits per heavy atom. The van der Waals surface area contributed by atoms with Crippen LogP contribution in [-0.2, 0) is 6.42 Å². The molecule has 10 heteroatoms. The molecule has 2 unspecified atom stereocenters. The van der Waals surface area contributed by atoms with Crippen LogP contribution in [0.15, 0.2) is 36.4 Å². The lowest BCUT2D eigenvalue weighted by molar-refractivity contribution is -0.0869. The fraction of sp³-hybridized carbons (Fsp3) is 0.500. The maximum atomic E-state index is 15.8. The van der Waals surface area contributed by atoms with Gasteiger partial charge in [0, 0.05) is 53.8 Å².